The van der Waals surface area contributed by atoms with E-state index in [1.54, 1.807) is 0 Å². The summed E-state index contributed by atoms with van der Waals surface area (Å²) < 4.78 is 4.79. The predicted octanol–water partition coefficient (Wildman–Crippen LogP) is 3.18. The van der Waals surface area contributed by atoms with Gasteiger partial charge in [-0.15, -0.1) is 0 Å². The molecule has 1 aromatic rings. The SMILES string of the molecule is C=C(C(=O)OC)[C@H]1CC[C@H](C)c2ccc(C)nc2C1. The maximum absolute atomic E-state index is 11.6. The van der Waals surface area contributed by atoms with Gasteiger partial charge in [-0.2, -0.15) is 0 Å². The predicted molar refractivity (Wildman–Crippen MR) is 75.0 cm³/mol. The van der Waals surface area contributed by atoms with Crippen LogP contribution in [0, 0.1) is 12.8 Å². The minimum Gasteiger partial charge on any atom is -0.466 e. The number of fused-ring (bicyclic) bond motifs is 1. The van der Waals surface area contributed by atoms with Crippen molar-refractivity contribution in [2.45, 2.75) is 39.0 Å². The molecule has 0 aliphatic heterocycles. The van der Waals surface area contributed by atoms with Gasteiger partial charge in [0, 0.05) is 17.0 Å². The highest BCUT2D eigenvalue weighted by atomic mass is 16.5. The standard InChI is InChI=1S/C16H21NO2/c1-10-5-7-13(12(3)16(18)19-4)9-15-14(10)8-6-11(2)17-15/h6,8,10,13H,3,5,7,9H2,1-2,4H3/t10-,13-/m0/s1. The molecule has 1 heterocycles. The van der Waals surface area contributed by atoms with E-state index in [0.717, 1.165) is 30.7 Å². The Morgan fingerprint density at radius 3 is 2.84 bits per heavy atom. The van der Waals surface area contributed by atoms with Gasteiger partial charge in [0.15, 0.2) is 0 Å². The summed E-state index contributed by atoms with van der Waals surface area (Å²) in [4.78, 5) is 16.3. The first-order valence-corrected chi connectivity index (χ1v) is 6.76. The van der Waals surface area contributed by atoms with Crippen LogP contribution in [0.15, 0.2) is 24.3 Å². The van der Waals surface area contributed by atoms with E-state index in [0.29, 0.717) is 11.5 Å². The third kappa shape index (κ3) is 2.86. The molecular formula is C16H21NO2. The Balaban J connectivity index is 2.30. The maximum Gasteiger partial charge on any atom is 0.333 e. The van der Waals surface area contributed by atoms with Crippen LogP contribution in [-0.4, -0.2) is 18.1 Å². The largest absolute Gasteiger partial charge is 0.466 e. The highest BCUT2D eigenvalue weighted by Gasteiger charge is 2.26. The molecule has 19 heavy (non-hydrogen) atoms. The Morgan fingerprint density at radius 1 is 1.42 bits per heavy atom. The quantitative estimate of drug-likeness (QED) is 0.465. The van der Waals surface area contributed by atoms with Gasteiger partial charge in [-0.3, -0.25) is 4.98 Å². The van der Waals surface area contributed by atoms with Gasteiger partial charge in [-0.05, 0) is 49.7 Å². The summed E-state index contributed by atoms with van der Waals surface area (Å²) in [7, 11) is 1.41. The summed E-state index contributed by atoms with van der Waals surface area (Å²) in [6.07, 6.45) is 2.80. The van der Waals surface area contributed by atoms with Crippen LogP contribution in [0.1, 0.15) is 42.6 Å². The Hall–Kier alpha value is -1.64. The van der Waals surface area contributed by atoms with Gasteiger partial charge in [0.1, 0.15) is 0 Å². The molecule has 0 bridgehead atoms. The van der Waals surface area contributed by atoms with Crippen molar-refractivity contribution >= 4 is 5.97 Å². The summed E-state index contributed by atoms with van der Waals surface area (Å²) >= 11 is 0. The average Bonchev–Trinajstić information content (AvgIpc) is 2.56. The zero-order chi connectivity index (χ0) is 14.0. The number of pyridine rings is 1. The number of hydrogen-bond donors (Lipinski definition) is 0. The highest BCUT2D eigenvalue weighted by Crippen LogP contribution is 2.34. The molecule has 3 nitrogen and oxygen atoms in total. The van der Waals surface area contributed by atoms with Crippen molar-refractivity contribution < 1.29 is 9.53 Å². The summed E-state index contributed by atoms with van der Waals surface area (Å²) in [5, 5.41) is 0. The Morgan fingerprint density at radius 2 is 2.16 bits per heavy atom. The van der Waals surface area contributed by atoms with Crippen LogP contribution in [-0.2, 0) is 16.0 Å². The van der Waals surface area contributed by atoms with Crippen LogP contribution in [0.2, 0.25) is 0 Å². The third-order valence-electron chi connectivity index (χ3n) is 4.01. The normalized spacial score (nSPS) is 22.3. The number of esters is 1. The molecule has 0 N–H and O–H groups in total. The highest BCUT2D eigenvalue weighted by molar-refractivity contribution is 5.88. The Kier molecular flexibility index (Phi) is 4.03. The molecule has 0 radical (unpaired) electrons. The first-order chi connectivity index (χ1) is 9.02. The van der Waals surface area contributed by atoms with E-state index in [2.05, 4.69) is 30.6 Å². The topological polar surface area (TPSA) is 39.2 Å². The monoisotopic (exact) mass is 259 g/mol. The van der Waals surface area contributed by atoms with Crippen molar-refractivity contribution in [2.75, 3.05) is 7.11 Å². The van der Waals surface area contributed by atoms with E-state index in [4.69, 9.17) is 4.74 Å². The molecular weight excluding hydrogens is 238 g/mol. The van der Waals surface area contributed by atoms with Gasteiger partial charge >= 0.3 is 5.97 Å². The molecule has 0 amide bonds. The fourth-order valence-corrected chi connectivity index (χ4v) is 2.77. The lowest BCUT2D eigenvalue weighted by molar-refractivity contribution is -0.136. The molecule has 1 aliphatic rings. The number of carbonyl (C=O) groups excluding carboxylic acids is 1. The van der Waals surface area contributed by atoms with Gasteiger partial charge in [-0.1, -0.05) is 19.6 Å². The van der Waals surface area contributed by atoms with Crippen LogP contribution in [0.3, 0.4) is 0 Å². The van der Waals surface area contributed by atoms with Crippen molar-refractivity contribution in [3.8, 4) is 0 Å². The second-order valence-corrected chi connectivity index (χ2v) is 5.38. The lowest BCUT2D eigenvalue weighted by Crippen LogP contribution is -2.16. The van der Waals surface area contributed by atoms with Gasteiger partial charge in [0.05, 0.1) is 7.11 Å². The second-order valence-electron chi connectivity index (χ2n) is 5.38. The van der Waals surface area contributed by atoms with Crippen molar-refractivity contribution in [3.05, 3.63) is 41.2 Å². The van der Waals surface area contributed by atoms with E-state index in [1.807, 2.05) is 6.92 Å². The first-order valence-electron chi connectivity index (χ1n) is 6.76. The summed E-state index contributed by atoms with van der Waals surface area (Å²) in [5.74, 6) is 0.331. The number of aromatic nitrogens is 1. The maximum atomic E-state index is 11.6. The fourth-order valence-electron chi connectivity index (χ4n) is 2.77. The Bertz CT molecular complexity index is 507. The van der Waals surface area contributed by atoms with E-state index in [-0.39, 0.29) is 11.9 Å². The number of ether oxygens (including phenoxy) is 1. The molecule has 1 aromatic heterocycles. The molecule has 0 fully saturated rings. The number of methoxy groups -OCH3 is 1. The molecule has 3 heteroatoms. The van der Waals surface area contributed by atoms with E-state index in [1.165, 1.54) is 12.7 Å². The van der Waals surface area contributed by atoms with Crippen molar-refractivity contribution in [1.29, 1.82) is 0 Å². The number of carbonyl (C=O) groups is 1. The van der Waals surface area contributed by atoms with Gasteiger partial charge in [0.2, 0.25) is 0 Å². The molecule has 0 unspecified atom stereocenters. The van der Waals surface area contributed by atoms with Crippen molar-refractivity contribution in [2.24, 2.45) is 5.92 Å². The molecule has 2 atom stereocenters. The van der Waals surface area contributed by atoms with E-state index in [9.17, 15) is 4.79 Å². The van der Waals surface area contributed by atoms with Crippen LogP contribution in [0.4, 0.5) is 0 Å². The third-order valence-corrected chi connectivity index (χ3v) is 4.01. The second kappa shape index (κ2) is 5.55. The lowest BCUT2D eigenvalue weighted by atomic mass is 9.91. The Labute approximate surface area is 114 Å². The van der Waals surface area contributed by atoms with Gasteiger partial charge < -0.3 is 4.74 Å². The molecule has 0 aromatic carbocycles. The van der Waals surface area contributed by atoms with E-state index >= 15 is 0 Å². The zero-order valence-electron chi connectivity index (χ0n) is 11.9. The average molecular weight is 259 g/mol. The van der Waals surface area contributed by atoms with Crippen LogP contribution < -0.4 is 0 Å². The number of rotatable bonds is 2. The fraction of sp³-hybridized carbons (Fsp3) is 0.500. The number of aryl methyl sites for hydroxylation is 1. The smallest absolute Gasteiger partial charge is 0.333 e. The number of hydrogen-bond acceptors (Lipinski definition) is 3. The van der Waals surface area contributed by atoms with Crippen LogP contribution in [0.25, 0.3) is 0 Å². The minimum absolute atomic E-state index is 0.144. The van der Waals surface area contributed by atoms with Crippen LogP contribution in [0.5, 0.6) is 0 Å². The van der Waals surface area contributed by atoms with Gasteiger partial charge in [-0.25, -0.2) is 4.79 Å². The summed E-state index contributed by atoms with van der Waals surface area (Å²) in [6.45, 7) is 8.13. The lowest BCUT2D eigenvalue weighted by Gasteiger charge is -2.15. The molecule has 102 valence electrons. The van der Waals surface area contributed by atoms with Crippen LogP contribution >= 0.6 is 0 Å². The van der Waals surface area contributed by atoms with E-state index < -0.39 is 0 Å². The van der Waals surface area contributed by atoms with Gasteiger partial charge in [0.25, 0.3) is 0 Å². The molecule has 0 spiro atoms. The zero-order valence-corrected chi connectivity index (χ0v) is 11.9. The first kappa shape index (κ1) is 13.8. The van der Waals surface area contributed by atoms with Crippen molar-refractivity contribution in [1.82, 2.24) is 4.98 Å². The summed E-state index contributed by atoms with van der Waals surface area (Å²) in [5.41, 5.74) is 4.02. The molecule has 0 saturated carbocycles. The summed E-state index contributed by atoms with van der Waals surface area (Å²) in [6, 6.07) is 4.23. The molecule has 0 saturated heterocycles. The number of nitrogens with zero attached hydrogens (tertiary/aromatic N) is 1. The molecule has 1 aliphatic carbocycles. The molecule has 2 rings (SSSR count). The minimum atomic E-state index is -0.297. The van der Waals surface area contributed by atoms with Crippen molar-refractivity contribution in [3.63, 3.8) is 0 Å².